The molecule has 1 heterocycles. The number of rotatable bonds is 4. The summed E-state index contributed by atoms with van der Waals surface area (Å²) in [5.41, 5.74) is 2.90. The van der Waals surface area contributed by atoms with Crippen molar-refractivity contribution in [3.8, 4) is 0 Å². The number of ketones is 1. The molecule has 0 N–H and O–H groups in total. The van der Waals surface area contributed by atoms with E-state index in [1.54, 1.807) is 18.2 Å². The summed E-state index contributed by atoms with van der Waals surface area (Å²) in [5.74, 6) is -1.10. The number of benzene rings is 1. The molecule has 1 unspecified atom stereocenters. The Labute approximate surface area is 153 Å². The summed E-state index contributed by atoms with van der Waals surface area (Å²) >= 11 is 9.59. The zero-order valence-electron chi connectivity index (χ0n) is 12.7. The number of sulfone groups is 1. The molecule has 0 saturated heterocycles. The first-order chi connectivity index (χ1) is 11.2. The predicted molar refractivity (Wildman–Crippen MR) is 100 cm³/mol. The number of hydrogen-bond acceptors (Lipinski definition) is 4. The van der Waals surface area contributed by atoms with E-state index in [-0.39, 0.29) is 5.71 Å². The molecule has 3 rings (SSSR count). The van der Waals surface area contributed by atoms with Crippen molar-refractivity contribution in [2.24, 2.45) is 4.99 Å². The number of Topliss-reactive ketones (excluding diaryl/α,β-unsaturated/α-hetero) is 1. The molecule has 24 heavy (non-hydrogen) atoms. The first kappa shape index (κ1) is 17.3. The minimum Gasteiger partial charge on any atom is -0.291 e. The van der Waals surface area contributed by atoms with Crippen molar-refractivity contribution in [1.29, 1.82) is 0 Å². The summed E-state index contributed by atoms with van der Waals surface area (Å²) in [6, 6.07) is 9.30. The summed E-state index contributed by atoms with van der Waals surface area (Å²) in [6.07, 6.45) is 6.26. The van der Waals surface area contributed by atoms with Gasteiger partial charge in [0.15, 0.2) is 15.6 Å². The Morgan fingerprint density at radius 3 is 2.58 bits per heavy atom. The number of carbonyl (C=O) groups is 1. The van der Waals surface area contributed by atoms with Crippen LogP contribution in [0.4, 0.5) is 0 Å². The van der Waals surface area contributed by atoms with Gasteiger partial charge in [-0.2, -0.15) is 0 Å². The molecule has 1 aliphatic carbocycles. The highest BCUT2D eigenvalue weighted by Gasteiger charge is 2.33. The van der Waals surface area contributed by atoms with Crippen LogP contribution in [0, 0.1) is 0 Å². The second-order valence-corrected chi connectivity index (χ2v) is 10.2. The zero-order chi connectivity index (χ0) is 17.5. The maximum atomic E-state index is 12.5. The van der Waals surface area contributed by atoms with E-state index in [0.29, 0.717) is 11.3 Å². The SMILES string of the molecule is CS(=O)(=O)CC(=O)C1=NC2=CC(Cl)(Br)C=CC2=C1c1ccccc1. The highest BCUT2D eigenvalue weighted by molar-refractivity contribution is 9.10. The van der Waals surface area contributed by atoms with Crippen molar-refractivity contribution in [2.75, 3.05) is 12.0 Å². The number of halogens is 2. The van der Waals surface area contributed by atoms with Crippen molar-refractivity contribution in [1.82, 2.24) is 0 Å². The second-order valence-electron chi connectivity index (χ2n) is 5.65. The third-order valence-corrected chi connectivity index (χ3v) is 5.05. The van der Waals surface area contributed by atoms with Gasteiger partial charge in [0.1, 0.15) is 15.2 Å². The van der Waals surface area contributed by atoms with E-state index in [9.17, 15) is 13.2 Å². The lowest BCUT2D eigenvalue weighted by molar-refractivity contribution is -0.110. The van der Waals surface area contributed by atoms with E-state index in [2.05, 4.69) is 20.9 Å². The number of fused-ring (bicyclic) bond motifs is 1. The summed E-state index contributed by atoms with van der Waals surface area (Å²) in [6.45, 7) is 0. The van der Waals surface area contributed by atoms with Gasteiger partial charge >= 0.3 is 0 Å². The molecule has 4 nitrogen and oxygen atoms in total. The van der Waals surface area contributed by atoms with E-state index < -0.39 is 25.2 Å². The van der Waals surface area contributed by atoms with Crippen LogP contribution in [0.3, 0.4) is 0 Å². The summed E-state index contributed by atoms with van der Waals surface area (Å²) in [4.78, 5) is 16.9. The van der Waals surface area contributed by atoms with Gasteiger partial charge < -0.3 is 0 Å². The Hall–Kier alpha value is -1.50. The molecule has 1 atom stereocenters. The fraction of sp³-hybridized carbons (Fsp3) is 0.176. The van der Waals surface area contributed by atoms with E-state index in [1.807, 2.05) is 30.3 Å². The Morgan fingerprint density at radius 1 is 1.29 bits per heavy atom. The van der Waals surface area contributed by atoms with E-state index in [1.165, 1.54) is 0 Å². The van der Waals surface area contributed by atoms with Crippen LogP contribution < -0.4 is 0 Å². The standard InChI is InChI=1S/C17H13BrClNO3S/c1-24(22,23)10-14(21)16-15(11-5-3-2-4-6-11)12-7-8-17(18,19)9-13(12)20-16/h2-9H,10H2,1H3. The largest absolute Gasteiger partial charge is 0.291 e. The third kappa shape index (κ3) is 3.61. The minimum atomic E-state index is -3.45. The van der Waals surface area contributed by atoms with E-state index in [0.717, 1.165) is 17.4 Å². The molecule has 0 aromatic heterocycles. The monoisotopic (exact) mass is 425 g/mol. The molecule has 0 spiro atoms. The molecule has 2 aliphatic rings. The first-order valence-electron chi connectivity index (χ1n) is 7.06. The van der Waals surface area contributed by atoms with Crippen molar-refractivity contribution in [3.63, 3.8) is 0 Å². The number of aliphatic imine (C=N–C) groups is 1. The summed E-state index contributed by atoms with van der Waals surface area (Å²) in [7, 11) is -3.45. The Balaban J connectivity index is 2.16. The van der Waals surface area contributed by atoms with Gasteiger partial charge in [-0.25, -0.2) is 13.4 Å². The van der Waals surface area contributed by atoms with Gasteiger partial charge in [0.2, 0.25) is 0 Å². The number of hydrogen-bond donors (Lipinski definition) is 0. The number of alkyl halides is 2. The summed E-state index contributed by atoms with van der Waals surface area (Å²) < 4.78 is 22.2. The van der Waals surface area contributed by atoms with Crippen molar-refractivity contribution < 1.29 is 13.2 Å². The molecule has 0 radical (unpaired) electrons. The van der Waals surface area contributed by atoms with E-state index in [4.69, 9.17) is 11.6 Å². The van der Waals surface area contributed by atoms with Crippen LogP contribution in [0.15, 0.2) is 64.8 Å². The van der Waals surface area contributed by atoms with Gasteiger partial charge in [-0.05, 0) is 17.7 Å². The zero-order valence-corrected chi connectivity index (χ0v) is 15.8. The van der Waals surface area contributed by atoms with Crippen LogP contribution in [0.1, 0.15) is 5.56 Å². The Bertz CT molecular complexity index is 941. The predicted octanol–water partition coefficient (Wildman–Crippen LogP) is 3.29. The smallest absolute Gasteiger partial charge is 0.196 e. The molecule has 1 aliphatic heterocycles. The molecular weight excluding hydrogens is 414 g/mol. The van der Waals surface area contributed by atoms with Crippen LogP contribution in [0.2, 0.25) is 0 Å². The van der Waals surface area contributed by atoms with Crippen LogP contribution in [0.5, 0.6) is 0 Å². The van der Waals surface area contributed by atoms with Crippen molar-refractivity contribution in [3.05, 3.63) is 65.4 Å². The highest BCUT2D eigenvalue weighted by atomic mass is 79.9. The maximum Gasteiger partial charge on any atom is 0.196 e. The Kier molecular flexibility index (Phi) is 4.40. The van der Waals surface area contributed by atoms with Crippen LogP contribution >= 0.6 is 27.5 Å². The lowest BCUT2D eigenvalue weighted by atomic mass is 9.93. The maximum absolute atomic E-state index is 12.5. The topological polar surface area (TPSA) is 63.6 Å². The molecule has 0 fully saturated rings. The molecular formula is C17H13BrClNO3S. The highest BCUT2D eigenvalue weighted by Crippen LogP contribution is 2.41. The number of carbonyl (C=O) groups excluding carboxylic acids is 1. The van der Waals surface area contributed by atoms with Crippen molar-refractivity contribution >= 4 is 54.4 Å². The third-order valence-electron chi connectivity index (χ3n) is 3.54. The van der Waals surface area contributed by atoms with Crippen LogP contribution in [0.25, 0.3) is 5.57 Å². The Morgan fingerprint density at radius 2 is 1.96 bits per heavy atom. The molecule has 0 bridgehead atoms. The van der Waals surface area contributed by atoms with Crippen LogP contribution in [-0.4, -0.2) is 35.7 Å². The van der Waals surface area contributed by atoms with Gasteiger partial charge in [-0.3, -0.25) is 4.79 Å². The molecule has 7 heteroatoms. The van der Waals surface area contributed by atoms with E-state index >= 15 is 0 Å². The van der Waals surface area contributed by atoms with Gasteiger partial charge in [-0.1, -0.05) is 63.9 Å². The fourth-order valence-corrected chi connectivity index (χ4v) is 3.73. The molecule has 1 aromatic carbocycles. The quantitative estimate of drug-likeness (QED) is 0.694. The first-order valence-corrected chi connectivity index (χ1v) is 10.3. The molecule has 0 amide bonds. The van der Waals surface area contributed by atoms with Gasteiger partial charge in [0.05, 0.1) is 5.70 Å². The van der Waals surface area contributed by atoms with Crippen molar-refractivity contribution in [2.45, 2.75) is 3.78 Å². The number of nitrogens with zero attached hydrogens (tertiary/aromatic N) is 1. The summed E-state index contributed by atoms with van der Waals surface area (Å²) in [5, 5.41) is 0. The lowest BCUT2D eigenvalue weighted by Gasteiger charge is -2.16. The average Bonchev–Trinajstić information content (AvgIpc) is 2.83. The van der Waals surface area contributed by atoms with Gasteiger partial charge in [-0.15, -0.1) is 0 Å². The normalized spacial score (nSPS) is 23.0. The molecule has 0 saturated carbocycles. The average molecular weight is 427 g/mol. The molecule has 124 valence electrons. The van der Waals surface area contributed by atoms with Gasteiger partial charge in [0, 0.05) is 17.4 Å². The lowest BCUT2D eigenvalue weighted by Crippen LogP contribution is -2.23. The van der Waals surface area contributed by atoms with Crippen LogP contribution in [-0.2, 0) is 14.6 Å². The fourth-order valence-electron chi connectivity index (χ4n) is 2.60. The second kappa shape index (κ2) is 6.10. The molecule has 1 aromatic rings. The van der Waals surface area contributed by atoms with Gasteiger partial charge in [0.25, 0.3) is 0 Å². The minimum absolute atomic E-state index is 0.152. The number of allylic oxidation sites excluding steroid dienone is 4.